The second-order valence-corrected chi connectivity index (χ2v) is 10.6. The number of benzene rings is 2. The summed E-state index contributed by atoms with van der Waals surface area (Å²) in [4.78, 5) is 16.6. The van der Waals surface area contributed by atoms with Gasteiger partial charge in [-0.1, -0.05) is 36.4 Å². The van der Waals surface area contributed by atoms with Gasteiger partial charge < -0.3 is 9.97 Å². The Morgan fingerprint density at radius 3 is 0.913 bits per heavy atom. The van der Waals surface area contributed by atoms with Crippen LogP contribution in [0.5, 0.6) is 0 Å². The topological polar surface area (TPSA) is 51.6 Å². The van der Waals surface area contributed by atoms with Crippen LogP contribution in [-0.4, -0.2) is 19.9 Å². The number of hydrogen-bond donors (Lipinski definition) is 0. The van der Waals surface area contributed by atoms with Crippen LogP contribution in [0.25, 0.3) is 33.9 Å². The summed E-state index contributed by atoms with van der Waals surface area (Å²) in [7, 11) is -10.7. The fraction of sp³-hybridized carbons (Fsp3) is 0. The van der Waals surface area contributed by atoms with E-state index in [1.807, 2.05) is 72.8 Å². The summed E-state index contributed by atoms with van der Waals surface area (Å²) >= 11 is 0. The Morgan fingerprint density at radius 1 is 0.413 bits per heavy atom. The molecule has 0 fully saturated rings. The van der Waals surface area contributed by atoms with Gasteiger partial charge in [-0.25, -0.2) is 0 Å². The van der Waals surface area contributed by atoms with Crippen LogP contribution in [0.15, 0.2) is 134 Å². The summed E-state index contributed by atoms with van der Waals surface area (Å²) in [6.45, 7) is 0. The number of hydrogen-bond acceptors (Lipinski definition) is 4. The molecule has 6 aromatic rings. The van der Waals surface area contributed by atoms with Crippen LogP contribution in [0.2, 0.25) is 0 Å². The summed E-state index contributed by atoms with van der Waals surface area (Å²) < 4.78 is 84.3. The van der Waals surface area contributed by atoms with Gasteiger partial charge in [0.15, 0.2) is 0 Å². The predicted molar refractivity (Wildman–Crippen MR) is 158 cm³/mol. The largest absolute Gasteiger partial charge is 3.00 e. The first kappa shape index (κ1) is 37.7. The van der Waals surface area contributed by atoms with Gasteiger partial charge in [0, 0.05) is 36.4 Å². The maximum Gasteiger partial charge on any atom is 3.00 e. The van der Waals surface area contributed by atoms with E-state index in [1.54, 1.807) is 36.9 Å². The minimum absolute atomic E-state index is 0. The van der Waals surface area contributed by atoms with Crippen LogP contribution in [-0.2, 0) is 20.1 Å². The Hall–Kier alpha value is -4.44. The summed E-state index contributed by atoms with van der Waals surface area (Å²) in [6.07, 6.45) is 6.94. The molecule has 0 aliphatic carbocycles. The molecular formula is C32H22F8IrN4P. The average molecular weight is 838 g/mol. The van der Waals surface area contributed by atoms with Gasteiger partial charge in [-0.3, -0.25) is 18.7 Å². The summed E-state index contributed by atoms with van der Waals surface area (Å²) in [6, 6.07) is 37.2. The van der Waals surface area contributed by atoms with Crippen molar-refractivity contribution >= 4 is 7.81 Å². The van der Waals surface area contributed by atoms with Crippen LogP contribution >= 0.6 is 7.81 Å². The van der Waals surface area contributed by atoms with Crippen molar-refractivity contribution in [2.24, 2.45) is 0 Å². The Morgan fingerprint density at radius 2 is 0.696 bits per heavy atom. The van der Waals surface area contributed by atoms with E-state index < -0.39 is 7.81 Å². The van der Waals surface area contributed by atoms with Crippen molar-refractivity contribution in [1.29, 1.82) is 0 Å². The molecule has 0 spiro atoms. The van der Waals surface area contributed by atoms with E-state index >= 15 is 0 Å². The Balaban J connectivity index is 0.000000217. The van der Waals surface area contributed by atoms with Gasteiger partial charge in [0.05, 0.1) is 11.4 Å². The van der Waals surface area contributed by atoms with Crippen LogP contribution in [0, 0.1) is 23.8 Å². The molecule has 0 saturated heterocycles. The quantitative estimate of drug-likeness (QED) is 0.101. The molecular weight excluding hydrogens is 816 g/mol. The molecule has 6 rings (SSSR count). The molecule has 0 amide bonds. The molecule has 4 aromatic heterocycles. The van der Waals surface area contributed by atoms with E-state index in [0.717, 1.165) is 33.9 Å². The Bertz CT molecular complexity index is 1590. The summed E-state index contributed by atoms with van der Waals surface area (Å²) in [5.74, 6) is -0.556. The van der Waals surface area contributed by atoms with Gasteiger partial charge >= 0.3 is 53.1 Å². The fourth-order valence-electron chi connectivity index (χ4n) is 3.20. The molecule has 0 aliphatic rings. The summed E-state index contributed by atoms with van der Waals surface area (Å²) in [5.41, 5.74) is 5.06. The van der Waals surface area contributed by atoms with Crippen molar-refractivity contribution < 1.29 is 54.1 Å². The molecule has 0 N–H and O–H groups in total. The minimum atomic E-state index is -10.7. The molecule has 0 aliphatic heterocycles. The van der Waals surface area contributed by atoms with Crippen LogP contribution in [0.1, 0.15) is 0 Å². The zero-order valence-electron chi connectivity index (χ0n) is 23.3. The molecule has 0 atom stereocenters. The minimum Gasteiger partial charge on any atom is -0.305 e. The van der Waals surface area contributed by atoms with E-state index in [1.165, 1.54) is 24.3 Å². The molecule has 240 valence electrons. The first-order valence-electron chi connectivity index (χ1n) is 12.7. The maximum absolute atomic E-state index is 12.6. The van der Waals surface area contributed by atoms with Gasteiger partial charge in [0.1, 0.15) is 0 Å². The van der Waals surface area contributed by atoms with E-state index in [-0.39, 0.29) is 31.7 Å². The second-order valence-electron chi connectivity index (χ2n) is 8.66. The number of pyridine rings is 4. The van der Waals surface area contributed by atoms with Crippen LogP contribution in [0.4, 0.5) is 34.0 Å². The third-order valence-electron chi connectivity index (χ3n) is 5.02. The van der Waals surface area contributed by atoms with E-state index in [4.69, 9.17) is 0 Å². The zero-order valence-corrected chi connectivity index (χ0v) is 26.6. The molecule has 2 aromatic carbocycles. The molecule has 4 heterocycles. The molecule has 46 heavy (non-hydrogen) atoms. The van der Waals surface area contributed by atoms with Gasteiger partial charge in [-0.05, 0) is 47.8 Å². The third kappa shape index (κ3) is 16.6. The SMILES string of the molecule is F[P-](F)(F)(F)(F)F.Fc1c[c-]c(-c2ccccn2)cc1.Fc1c[c-]c(-c2ccccn2)cc1.[Ir+3].c1ccc(-c2ccccn2)nc1. The third-order valence-corrected chi connectivity index (χ3v) is 5.02. The second kappa shape index (κ2) is 16.2. The first-order valence-corrected chi connectivity index (χ1v) is 14.7. The van der Waals surface area contributed by atoms with E-state index in [2.05, 4.69) is 32.1 Å². The number of rotatable bonds is 3. The van der Waals surface area contributed by atoms with Crippen molar-refractivity contribution in [3.63, 3.8) is 0 Å². The number of nitrogens with zero attached hydrogens (tertiary/aromatic N) is 4. The van der Waals surface area contributed by atoms with Crippen molar-refractivity contribution in [3.8, 4) is 33.9 Å². The van der Waals surface area contributed by atoms with Crippen LogP contribution < -0.4 is 0 Å². The fourth-order valence-corrected chi connectivity index (χ4v) is 3.20. The van der Waals surface area contributed by atoms with Gasteiger partial charge in [0.25, 0.3) is 0 Å². The van der Waals surface area contributed by atoms with Crippen molar-refractivity contribution in [2.45, 2.75) is 0 Å². The Labute approximate surface area is 272 Å². The monoisotopic (exact) mass is 838 g/mol. The molecule has 4 nitrogen and oxygen atoms in total. The van der Waals surface area contributed by atoms with Crippen molar-refractivity contribution in [3.05, 3.63) is 158 Å². The number of halogens is 8. The zero-order chi connectivity index (χ0) is 32.8. The van der Waals surface area contributed by atoms with Crippen molar-refractivity contribution in [2.75, 3.05) is 0 Å². The van der Waals surface area contributed by atoms with Gasteiger partial charge in [-0.2, -0.15) is 0 Å². The molecule has 0 bridgehead atoms. The summed E-state index contributed by atoms with van der Waals surface area (Å²) in [5, 5.41) is 0. The van der Waals surface area contributed by atoms with Crippen molar-refractivity contribution in [1.82, 2.24) is 19.9 Å². The number of aromatic nitrogens is 4. The van der Waals surface area contributed by atoms with Crippen LogP contribution in [0.3, 0.4) is 0 Å². The van der Waals surface area contributed by atoms with Gasteiger partial charge in [-0.15, -0.1) is 59.7 Å². The smallest absolute Gasteiger partial charge is 0.305 e. The molecule has 0 unspecified atom stereocenters. The molecule has 14 heteroatoms. The Kier molecular flexibility index (Phi) is 13.3. The van der Waals surface area contributed by atoms with Gasteiger partial charge in [0.2, 0.25) is 0 Å². The first-order chi connectivity index (χ1) is 21.1. The van der Waals surface area contributed by atoms with E-state index in [0.29, 0.717) is 0 Å². The normalized spacial score (nSPS) is 11.7. The van der Waals surface area contributed by atoms with E-state index in [9.17, 15) is 34.0 Å². The average Bonchev–Trinajstić information content (AvgIpc) is 3.03. The standard InChI is InChI=1S/2C11H7FN.C10H8N2.F6P.Ir/c2*12-10-6-4-9(5-7-10)11-3-1-2-8-13-11;1-3-7-11-9(5-1)10-6-2-4-8-12-10;1-7(2,3,4,5)6;/h2*1-4,6-8H;1-8H;;/q2*-1;;-1;+3. The molecule has 0 saturated carbocycles. The predicted octanol–water partition coefficient (Wildman–Crippen LogP) is 10.9. The maximum atomic E-state index is 12.6. The molecule has 0 radical (unpaired) electrons.